The quantitative estimate of drug-likeness (QED) is 0.864. The monoisotopic (exact) mass is 319 g/mol. The first-order valence-electron chi connectivity index (χ1n) is 7.81. The maximum Gasteiger partial charge on any atom is 0.330 e. The summed E-state index contributed by atoms with van der Waals surface area (Å²) in [6.07, 6.45) is 2.59. The van der Waals surface area contributed by atoms with Gasteiger partial charge in [0.2, 0.25) is 5.91 Å². The van der Waals surface area contributed by atoms with E-state index in [0.717, 1.165) is 19.3 Å². The van der Waals surface area contributed by atoms with E-state index in [4.69, 9.17) is 9.47 Å². The highest BCUT2D eigenvalue weighted by atomic mass is 16.5. The maximum atomic E-state index is 12.5. The van der Waals surface area contributed by atoms with Crippen molar-refractivity contribution >= 4 is 11.9 Å². The highest BCUT2D eigenvalue weighted by Gasteiger charge is 2.58. The van der Waals surface area contributed by atoms with Crippen LogP contribution in [0.2, 0.25) is 0 Å². The van der Waals surface area contributed by atoms with Crippen molar-refractivity contribution in [3.63, 3.8) is 0 Å². The van der Waals surface area contributed by atoms with Crippen molar-refractivity contribution in [2.45, 2.75) is 25.3 Å². The number of carbonyl (C=O) groups is 2. The minimum absolute atomic E-state index is 0.0330. The Morgan fingerprint density at radius 3 is 2.52 bits per heavy atom. The highest BCUT2D eigenvalue weighted by molar-refractivity contribution is 5.88. The first-order chi connectivity index (χ1) is 11.1. The van der Waals surface area contributed by atoms with Crippen LogP contribution in [0.4, 0.5) is 0 Å². The van der Waals surface area contributed by atoms with E-state index in [1.807, 2.05) is 0 Å². The van der Waals surface area contributed by atoms with E-state index < -0.39 is 12.0 Å². The molecule has 2 aliphatic rings. The van der Waals surface area contributed by atoms with Gasteiger partial charge in [-0.15, -0.1) is 0 Å². The van der Waals surface area contributed by atoms with E-state index in [9.17, 15) is 14.7 Å². The molecule has 6 nitrogen and oxygen atoms in total. The third-order valence-electron chi connectivity index (χ3n) is 4.98. The molecule has 23 heavy (non-hydrogen) atoms. The molecule has 1 saturated heterocycles. The van der Waals surface area contributed by atoms with Gasteiger partial charge in [0.05, 0.1) is 7.11 Å². The van der Waals surface area contributed by atoms with Gasteiger partial charge in [0, 0.05) is 19.1 Å². The Labute approximate surface area is 134 Å². The third kappa shape index (κ3) is 3.17. The first kappa shape index (κ1) is 15.8. The average molecular weight is 319 g/mol. The normalized spacial score (nSPS) is 23.1. The van der Waals surface area contributed by atoms with Crippen molar-refractivity contribution in [2.24, 2.45) is 11.3 Å². The smallest absolute Gasteiger partial charge is 0.330 e. The molecule has 0 bridgehead atoms. The second-order valence-corrected chi connectivity index (χ2v) is 6.28. The van der Waals surface area contributed by atoms with Crippen molar-refractivity contribution in [2.75, 3.05) is 20.3 Å². The number of rotatable bonds is 5. The number of carboxylic acid groups (broad SMARTS) is 1. The zero-order valence-corrected chi connectivity index (χ0v) is 13.1. The summed E-state index contributed by atoms with van der Waals surface area (Å²) in [5, 5.41) is 12.1. The molecule has 0 aromatic heterocycles. The molecule has 3 rings (SSSR count). The molecule has 6 heteroatoms. The predicted molar refractivity (Wildman–Crippen MR) is 82.1 cm³/mol. The van der Waals surface area contributed by atoms with E-state index >= 15 is 0 Å². The van der Waals surface area contributed by atoms with Crippen molar-refractivity contribution in [1.29, 1.82) is 0 Å². The number of aliphatic carboxylic acids is 1. The number of ether oxygens (including phenoxy) is 2. The number of amides is 1. The SMILES string of the molecule is COc1ccc(C(NC(=O)C2CC23CCOCC3)C(=O)O)cc1. The van der Waals surface area contributed by atoms with Gasteiger partial charge in [-0.1, -0.05) is 12.1 Å². The Balaban J connectivity index is 1.67. The lowest BCUT2D eigenvalue weighted by atomic mass is 9.93. The number of benzene rings is 1. The molecule has 0 radical (unpaired) electrons. The van der Waals surface area contributed by atoms with Crippen LogP contribution in [0, 0.1) is 11.3 Å². The molecule has 2 atom stereocenters. The molecular weight excluding hydrogens is 298 g/mol. The second-order valence-electron chi connectivity index (χ2n) is 6.28. The molecule has 1 spiro atoms. The highest BCUT2D eigenvalue weighted by Crippen LogP contribution is 2.59. The molecular formula is C17H21NO5. The van der Waals surface area contributed by atoms with E-state index in [1.54, 1.807) is 31.4 Å². The molecule has 1 saturated carbocycles. The van der Waals surface area contributed by atoms with Gasteiger partial charge in [-0.3, -0.25) is 4.79 Å². The number of nitrogens with one attached hydrogen (secondary N) is 1. The lowest BCUT2D eigenvalue weighted by molar-refractivity contribution is -0.142. The molecule has 1 aliphatic heterocycles. The Kier molecular flexibility index (Phi) is 4.26. The van der Waals surface area contributed by atoms with Crippen LogP contribution >= 0.6 is 0 Å². The molecule has 2 fully saturated rings. The van der Waals surface area contributed by atoms with Gasteiger partial charge in [0.25, 0.3) is 0 Å². The summed E-state index contributed by atoms with van der Waals surface area (Å²) in [4.78, 5) is 24.0. The van der Waals surface area contributed by atoms with Crippen LogP contribution < -0.4 is 10.1 Å². The van der Waals surface area contributed by atoms with E-state index in [-0.39, 0.29) is 17.2 Å². The molecule has 1 amide bonds. The van der Waals surface area contributed by atoms with E-state index in [0.29, 0.717) is 24.5 Å². The fourth-order valence-electron chi connectivity index (χ4n) is 3.38. The first-order valence-corrected chi connectivity index (χ1v) is 7.81. The summed E-state index contributed by atoms with van der Waals surface area (Å²) in [7, 11) is 1.55. The van der Waals surface area contributed by atoms with Crippen LogP contribution in [-0.2, 0) is 14.3 Å². The summed E-state index contributed by atoms with van der Waals surface area (Å²) < 4.78 is 10.4. The van der Waals surface area contributed by atoms with E-state index in [1.165, 1.54) is 0 Å². The molecule has 1 heterocycles. The zero-order valence-electron chi connectivity index (χ0n) is 13.1. The Bertz CT molecular complexity index is 592. The maximum absolute atomic E-state index is 12.5. The van der Waals surface area contributed by atoms with Crippen molar-refractivity contribution < 1.29 is 24.2 Å². The topological polar surface area (TPSA) is 84.9 Å². The zero-order chi connectivity index (χ0) is 16.4. The largest absolute Gasteiger partial charge is 0.497 e. The van der Waals surface area contributed by atoms with Gasteiger partial charge >= 0.3 is 5.97 Å². The Morgan fingerprint density at radius 2 is 1.96 bits per heavy atom. The van der Waals surface area contributed by atoms with E-state index in [2.05, 4.69) is 5.32 Å². The average Bonchev–Trinajstić information content (AvgIpc) is 3.26. The molecule has 1 aliphatic carbocycles. The van der Waals surface area contributed by atoms with Crippen molar-refractivity contribution in [3.8, 4) is 5.75 Å². The van der Waals surface area contributed by atoms with Gasteiger partial charge in [-0.2, -0.15) is 0 Å². The summed E-state index contributed by atoms with van der Waals surface area (Å²) in [5.74, 6) is -0.681. The fourth-order valence-corrected chi connectivity index (χ4v) is 3.38. The lowest BCUT2D eigenvalue weighted by Gasteiger charge is -2.23. The van der Waals surface area contributed by atoms with Crippen LogP contribution in [-0.4, -0.2) is 37.3 Å². The van der Waals surface area contributed by atoms with Crippen molar-refractivity contribution in [1.82, 2.24) is 5.32 Å². The van der Waals surface area contributed by atoms with Gasteiger partial charge < -0.3 is 19.9 Å². The number of hydrogen-bond donors (Lipinski definition) is 2. The number of carboxylic acids is 1. The lowest BCUT2D eigenvalue weighted by Crippen LogP contribution is -2.36. The molecule has 1 aromatic rings. The molecule has 2 N–H and O–H groups in total. The Hall–Kier alpha value is -2.08. The molecule has 124 valence electrons. The van der Waals surface area contributed by atoms with Gasteiger partial charge in [-0.25, -0.2) is 4.79 Å². The van der Waals surface area contributed by atoms with Crippen LogP contribution in [0.5, 0.6) is 5.75 Å². The minimum Gasteiger partial charge on any atom is -0.497 e. The predicted octanol–water partition coefficient (Wildman–Crippen LogP) is 1.75. The van der Waals surface area contributed by atoms with Crippen LogP contribution in [0.25, 0.3) is 0 Å². The molecule has 1 aromatic carbocycles. The fraction of sp³-hybridized carbons (Fsp3) is 0.529. The van der Waals surface area contributed by atoms with Crippen LogP contribution in [0.15, 0.2) is 24.3 Å². The summed E-state index contributed by atoms with van der Waals surface area (Å²) in [5.41, 5.74) is 0.569. The van der Waals surface area contributed by atoms with Crippen LogP contribution in [0.1, 0.15) is 30.9 Å². The summed E-state index contributed by atoms with van der Waals surface area (Å²) >= 11 is 0. The summed E-state index contributed by atoms with van der Waals surface area (Å²) in [6.45, 7) is 1.37. The summed E-state index contributed by atoms with van der Waals surface area (Å²) in [6, 6.07) is 5.67. The number of hydrogen-bond acceptors (Lipinski definition) is 4. The minimum atomic E-state index is -1.06. The van der Waals surface area contributed by atoms with Crippen molar-refractivity contribution in [3.05, 3.63) is 29.8 Å². The third-order valence-corrected chi connectivity index (χ3v) is 4.98. The van der Waals surface area contributed by atoms with Gasteiger partial charge in [0.1, 0.15) is 5.75 Å². The van der Waals surface area contributed by atoms with Crippen LogP contribution in [0.3, 0.4) is 0 Å². The van der Waals surface area contributed by atoms with Gasteiger partial charge in [0.15, 0.2) is 6.04 Å². The van der Waals surface area contributed by atoms with Gasteiger partial charge in [-0.05, 0) is 42.4 Å². The Morgan fingerprint density at radius 1 is 1.30 bits per heavy atom. The second kappa shape index (κ2) is 6.20. The standard InChI is InChI=1S/C17H21NO5/c1-22-12-4-2-11(3-5-12)14(16(20)21)18-15(19)13-10-17(13)6-8-23-9-7-17/h2-5,13-14H,6-10H2,1H3,(H,18,19)(H,20,21). The number of carbonyl (C=O) groups excluding carboxylic acids is 1. The number of methoxy groups -OCH3 is 1. The molecule has 2 unspecified atom stereocenters.